The predicted octanol–water partition coefficient (Wildman–Crippen LogP) is 0.877. The Bertz CT molecular complexity index is 534. The average molecular weight is 300 g/mol. The van der Waals surface area contributed by atoms with Gasteiger partial charge in [-0.25, -0.2) is 9.78 Å². The zero-order chi connectivity index (χ0) is 13.1. The third-order valence-electron chi connectivity index (χ3n) is 2.18. The summed E-state index contributed by atoms with van der Waals surface area (Å²) in [6.07, 6.45) is 1.14. The number of aromatic amines is 1. The van der Waals surface area contributed by atoms with E-state index in [1.165, 1.54) is 6.92 Å². The van der Waals surface area contributed by atoms with Crippen LogP contribution in [-0.4, -0.2) is 22.5 Å². The van der Waals surface area contributed by atoms with Gasteiger partial charge in [-0.2, -0.15) is 5.26 Å². The summed E-state index contributed by atoms with van der Waals surface area (Å²) in [6, 6.07) is 1.83. The molecule has 0 bridgehead atoms. The lowest BCUT2D eigenvalue weighted by molar-refractivity contribution is -0.147. The molecule has 0 fully saturated rings. The van der Waals surface area contributed by atoms with Gasteiger partial charge < -0.3 is 9.72 Å². The van der Waals surface area contributed by atoms with Gasteiger partial charge in [0.25, 0.3) is 5.56 Å². The lowest BCUT2D eigenvalue weighted by atomic mass is 9.88. The zero-order valence-electron chi connectivity index (χ0n) is 9.28. The number of esters is 1. The average Bonchev–Trinajstić information content (AvgIpc) is 2.32. The van der Waals surface area contributed by atoms with Crippen molar-refractivity contribution in [2.24, 2.45) is 0 Å². The van der Waals surface area contributed by atoms with Crippen molar-refractivity contribution in [1.29, 1.82) is 5.26 Å². The number of nitrogens with one attached hydrogen (secondary N) is 1. The molecule has 1 unspecified atom stereocenters. The molecule has 1 N–H and O–H groups in total. The van der Waals surface area contributed by atoms with Gasteiger partial charge in [0.2, 0.25) is 0 Å². The summed E-state index contributed by atoms with van der Waals surface area (Å²) >= 11 is 3.01. The number of halogens is 1. The van der Waals surface area contributed by atoms with E-state index >= 15 is 0 Å². The Hall–Kier alpha value is -1.68. The summed E-state index contributed by atoms with van der Waals surface area (Å²) in [5, 5.41) is 9.13. The Morgan fingerprint density at radius 3 is 2.94 bits per heavy atom. The molecule has 0 saturated heterocycles. The van der Waals surface area contributed by atoms with Crippen molar-refractivity contribution in [2.45, 2.75) is 19.3 Å². The monoisotopic (exact) mass is 299 g/mol. The van der Waals surface area contributed by atoms with Crippen molar-refractivity contribution in [3.8, 4) is 6.07 Å². The van der Waals surface area contributed by atoms with Crippen LogP contribution in [-0.2, 0) is 14.9 Å². The van der Waals surface area contributed by atoms with Crippen molar-refractivity contribution < 1.29 is 9.53 Å². The van der Waals surface area contributed by atoms with Crippen LogP contribution in [0.3, 0.4) is 0 Å². The number of rotatable bonds is 3. The molecule has 1 rings (SSSR count). The van der Waals surface area contributed by atoms with Gasteiger partial charge in [-0.05, 0) is 29.8 Å². The highest BCUT2D eigenvalue weighted by Gasteiger charge is 2.41. The van der Waals surface area contributed by atoms with E-state index in [0.29, 0.717) is 0 Å². The topological polar surface area (TPSA) is 95.8 Å². The molecule has 0 aliphatic rings. The quantitative estimate of drug-likeness (QED) is 0.836. The van der Waals surface area contributed by atoms with E-state index < -0.39 is 16.9 Å². The van der Waals surface area contributed by atoms with Gasteiger partial charge in [-0.15, -0.1) is 0 Å². The van der Waals surface area contributed by atoms with Crippen molar-refractivity contribution in [2.75, 3.05) is 6.61 Å². The highest BCUT2D eigenvalue weighted by Crippen LogP contribution is 2.26. The van der Waals surface area contributed by atoms with Gasteiger partial charge in [0.05, 0.1) is 24.7 Å². The van der Waals surface area contributed by atoms with Crippen LogP contribution in [0.15, 0.2) is 15.6 Å². The van der Waals surface area contributed by atoms with E-state index in [4.69, 9.17) is 10.00 Å². The molecule has 17 heavy (non-hydrogen) atoms. The lowest BCUT2D eigenvalue weighted by Crippen LogP contribution is -2.35. The Labute approximate surface area is 106 Å². The van der Waals surface area contributed by atoms with Crippen LogP contribution in [0.25, 0.3) is 0 Å². The number of hydrogen-bond acceptors (Lipinski definition) is 5. The van der Waals surface area contributed by atoms with E-state index in [1.807, 2.05) is 6.07 Å². The standard InChI is InChI=1S/C10H10BrN3O3/c1-3-17-9(16)10(2,4-12)7-6(11)8(15)14-5-13-7/h5H,3H2,1-2H3,(H,13,14,15). The molecule has 0 radical (unpaired) electrons. The number of hydrogen-bond donors (Lipinski definition) is 1. The Morgan fingerprint density at radius 2 is 2.41 bits per heavy atom. The maximum atomic E-state index is 11.7. The highest BCUT2D eigenvalue weighted by atomic mass is 79.9. The van der Waals surface area contributed by atoms with Gasteiger partial charge in [-0.3, -0.25) is 4.79 Å². The van der Waals surface area contributed by atoms with Crippen molar-refractivity contribution in [3.63, 3.8) is 0 Å². The summed E-state index contributed by atoms with van der Waals surface area (Å²) in [5.74, 6) is -0.735. The molecule has 0 aliphatic heterocycles. The highest BCUT2D eigenvalue weighted by molar-refractivity contribution is 9.10. The van der Waals surface area contributed by atoms with Crippen LogP contribution in [0, 0.1) is 11.3 Å². The van der Waals surface area contributed by atoms with Crippen LogP contribution >= 0.6 is 15.9 Å². The molecule has 0 aromatic carbocycles. The minimum Gasteiger partial charge on any atom is -0.465 e. The van der Waals surface area contributed by atoms with Crippen LogP contribution in [0.1, 0.15) is 19.5 Å². The first kappa shape index (κ1) is 13.4. The molecule has 7 heteroatoms. The Balaban J connectivity index is 3.37. The number of carbonyl (C=O) groups is 1. The molecular formula is C10H10BrN3O3. The first-order valence-corrected chi connectivity index (χ1v) is 5.58. The number of aromatic nitrogens is 2. The maximum absolute atomic E-state index is 11.7. The maximum Gasteiger partial charge on any atom is 0.332 e. The van der Waals surface area contributed by atoms with Crippen LogP contribution in [0.2, 0.25) is 0 Å². The summed E-state index contributed by atoms with van der Waals surface area (Å²) in [6.45, 7) is 3.14. The largest absolute Gasteiger partial charge is 0.465 e. The molecule has 0 saturated carbocycles. The Morgan fingerprint density at radius 1 is 1.76 bits per heavy atom. The van der Waals surface area contributed by atoms with E-state index in [-0.39, 0.29) is 16.8 Å². The first-order valence-electron chi connectivity index (χ1n) is 4.79. The second-order valence-electron chi connectivity index (χ2n) is 3.35. The fourth-order valence-corrected chi connectivity index (χ4v) is 1.82. The van der Waals surface area contributed by atoms with E-state index in [1.54, 1.807) is 6.92 Å². The van der Waals surface area contributed by atoms with Crippen molar-refractivity contribution >= 4 is 21.9 Å². The Kier molecular flexibility index (Phi) is 4.02. The van der Waals surface area contributed by atoms with Gasteiger partial charge in [0.1, 0.15) is 4.47 Å². The number of H-pyrrole nitrogens is 1. The number of nitrogens with zero attached hydrogens (tertiary/aromatic N) is 2. The molecule has 90 valence electrons. The SMILES string of the molecule is CCOC(=O)C(C)(C#N)c1nc[nH]c(=O)c1Br. The lowest BCUT2D eigenvalue weighted by Gasteiger charge is -2.19. The summed E-state index contributed by atoms with van der Waals surface area (Å²) < 4.78 is 4.87. The molecule has 1 aromatic heterocycles. The van der Waals surface area contributed by atoms with Gasteiger partial charge in [-0.1, -0.05) is 0 Å². The van der Waals surface area contributed by atoms with E-state index in [9.17, 15) is 9.59 Å². The minimum absolute atomic E-state index is 0.0437. The molecule has 1 aromatic rings. The summed E-state index contributed by atoms with van der Waals surface area (Å²) in [7, 11) is 0. The van der Waals surface area contributed by atoms with E-state index in [0.717, 1.165) is 6.33 Å². The number of ether oxygens (including phenoxy) is 1. The number of nitriles is 1. The molecule has 1 atom stereocenters. The van der Waals surface area contributed by atoms with Crippen LogP contribution in [0.4, 0.5) is 0 Å². The fourth-order valence-electron chi connectivity index (χ4n) is 1.20. The molecule has 0 aliphatic carbocycles. The normalized spacial score (nSPS) is 13.5. The fraction of sp³-hybridized carbons (Fsp3) is 0.400. The zero-order valence-corrected chi connectivity index (χ0v) is 10.9. The van der Waals surface area contributed by atoms with Crippen LogP contribution < -0.4 is 5.56 Å². The third-order valence-corrected chi connectivity index (χ3v) is 2.91. The van der Waals surface area contributed by atoms with Gasteiger partial charge in [0.15, 0.2) is 5.41 Å². The minimum atomic E-state index is -1.61. The summed E-state index contributed by atoms with van der Waals surface area (Å²) in [5.41, 5.74) is -2.02. The third kappa shape index (κ3) is 2.36. The van der Waals surface area contributed by atoms with Crippen molar-refractivity contribution in [1.82, 2.24) is 9.97 Å². The van der Waals surface area contributed by atoms with E-state index in [2.05, 4.69) is 25.9 Å². The van der Waals surface area contributed by atoms with Gasteiger partial charge >= 0.3 is 5.97 Å². The molecule has 0 amide bonds. The van der Waals surface area contributed by atoms with Gasteiger partial charge in [0, 0.05) is 0 Å². The molecule has 0 spiro atoms. The van der Waals surface area contributed by atoms with Crippen molar-refractivity contribution in [3.05, 3.63) is 26.8 Å². The smallest absolute Gasteiger partial charge is 0.332 e. The second-order valence-corrected chi connectivity index (χ2v) is 4.14. The second kappa shape index (κ2) is 5.10. The molecular weight excluding hydrogens is 290 g/mol. The molecule has 6 nitrogen and oxygen atoms in total. The predicted molar refractivity (Wildman–Crippen MR) is 62.2 cm³/mol. The first-order chi connectivity index (χ1) is 7.97. The van der Waals surface area contributed by atoms with Crippen LogP contribution in [0.5, 0.6) is 0 Å². The molecule has 1 heterocycles. The number of carbonyl (C=O) groups excluding carboxylic acids is 1. The summed E-state index contributed by atoms with van der Waals surface area (Å²) in [4.78, 5) is 29.3.